The summed E-state index contributed by atoms with van der Waals surface area (Å²) in [7, 11) is 0. The molecule has 0 aliphatic carbocycles. The second-order valence-corrected chi connectivity index (χ2v) is 9.18. The lowest BCUT2D eigenvalue weighted by molar-refractivity contribution is -0.147. The molecule has 0 saturated carbocycles. The number of pyridine rings is 1. The number of nitrogens with one attached hydrogen (secondary N) is 2. The molecule has 2 heterocycles. The molecule has 2 amide bonds. The summed E-state index contributed by atoms with van der Waals surface area (Å²) in [5.41, 5.74) is 2.22. The van der Waals surface area contributed by atoms with E-state index in [2.05, 4.69) is 15.6 Å². The molecule has 0 fully saturated rings. The van der Waals surface area contributed by atoms with Gasteiger partial charge in [0.05, 0.1) is 21.7 Å². The molecule has 4 rings (SSSR count). The van der Waals surface area contributed by atoms with Gasteiger partial charge in [0, 0.05) is 12.7 Å². The SMILES string of the molecule is CCOc1ccnc2cc(C(=O)NCC(NC(=O)OCc3ccccc3)C(=O)OCc3ccccc3)sc12. The molecule has 4 aromatic rings. The van der Waals surface area contributed by atoms with E-state index in [0.29, 0.717) is 22.8 Å². The predicted octanol–water partition coefficient (Wildman–Crippen LogP) is 4.46. The maximum atomic E-state index is 12.9. The Kier molecular flexibility index (Phi) is 9.25. The number of fused-ring (bicyclic) bond motifs is 1. The number of esters is 1. The number of hydrogen-bond donors (Lipinski definition) is 2. The van der Waals surface area contributed by atoms with Crippen LogP contribution in [0.3, 0.4) is 0 Å². The summed E-state index contributed by atoms with van der Waals surface area (Å²) in [5.74, 6) is -0.482. The Morgan fingerprint density at radius 1 is 0.921 bits per heavy atom. The van der Waals surface area contributed by atoms with Crippen LogP contribution in [0.2, 0.25) is 0 Å². The van der Waals surface area contributed by atoms with Crippen LogP contribution in [0, 0.1) is 0 Å². The maximum Gasteiger partial charge on any atom is 0.408 e. The fourth-order valence-electron chi connectivity index (χ4n) is 3.51. The van der Waals surface area contributed by atoms with Crippen LogP contribution < -0.4 is 15.4 Å². The van der Waals surface area contributed by atoms with Crippen molar-refractivity contribution in [3.05, 3.63) is 95.0 Å². The highest BCUT2D eigenvalue weighted by Gasteiger charge is 2.25. The number of carbonyl (C=O) groups is 3. The lowest BCUT2D eigenvalue weighted by Crippen LogP contribution is -2.49. The molecule has 2 aromatic heterocycles. The molecule has 0 aliphatic rings. The molecule has 2 N–H and O–H groups in total. The minimum Gasteiger partial charge on any atom is -0.492 e. The number of aromatic nitrogens is 1. The highest BCUT2D eigenvalue weighted by molar-refractivity contribution is 7.21. The van der Waals surface area contributed by atoms with Crippen LogP contribution in [-0.2, 0) is 27.5 Å². The van der Waals surface area contributed by atoms with Crippen molar-refractivity contribution in [1.82, 2.24) is 15.6 Å². The normalized spacial score (nSPS) is 11.4. The molecular weight excluding hydrogens is 506 g/mol. The third-order valence-electron chi connectivity index (χ3n) is 5.38. The smallest absolute Gasteiger partial charge is 0.408 e. The van der Waals surface area contributed by atoms with Gasteiger partial charge in [-0.2, -0.15) is 0 Å². The third-order valence-corrected chi connectivity index (χ3v) is 6.52. The zero-order chi connectivity index (χ0) is 26.7. The molecule has 0 aliphatic heterocycles. The van der Waals surface area contributed by atoms with Gasteiger partial charge in [-0.1, -0.05) is 60.7 Å². The summed E-state index contributed by atoms with van der Waals surface area (Å²) < 4.78 is 17.0. The van der Waals surface area contributed by atoms with Crippen LogP contribution in [0.4, 0.5) is 4.79 Å². The summed E-state index contributed by atoms with van der Waals surface area (Å²) in [5, 5.41) is 5.20. The predicted molar refractivity (Wildman–Crippen MR) is 143 cm³/mol. The fraction of sp³-hybridized carbons (Fsp3) is 0.214. The first kappa shape index (κ1) is 26.6. The molecule has 0 saturated heterocycles. The molecule has 196 valence electrons. The lowest BCUT2D eigenvalue weighted by Gasteiger charge is -2.18. The van der Waals surface area contributed by atoms with Crippen LogP contribution in [0.25, 0.3) is 10.2 Å². The summed E-state index contributed by atoms with van der Waals surface area (Å²) >= 11 is 1.23. The molecule has 10 heteroatoms. The van der Waals surface area contributed by atoms with Gasteiger partial charge >= 0.3 is 12.1 Å². The van der Waals surface area contributed by atoms with E-state index in [1.54, 1.807) is 18.3 Å². The number of carbonyl (C=O) groups excluding carboxylic acids is 3. The second-order valence-electron chi connectivity index (χ2n) is 8.13. The van der Waals surface area contributed by atoms with E-state index in [0.717, 1.165) is 15.8 Å². The number of nitrogens with zero attached hydrogens (tertiary/aromatic N) is 1. The van der Waals surface area contributed by atoms with Crippen molar-refractivity contribution in [2.45, 2.75) is 26.2 Å². The van der Waals surface area contributed by atoms with E-state index < -0.39 is 24.0 Å². The fourth-order valence-corrected chi connectivity index (χ4v) is 4.51. The minimum absolute atomic E-state index is 0.0209. The number of rotatable bonds is 11. The minimum atomic E-state index is -1.17. The first-order valence-electron chi connectivity index (χ1n) is 12.0. The van der Waals surface area contributed by atoms with Gasteiger partial charge < -0.3 is 24.8 Å². The standard InChI is InChI=1S/C28H27N3O6S/c1-2-35-23-13-14-29-21-15-24(38-25(21)23)26(32)30-16-22(27(33)36-17-19-9-5-3-6-10-19)31-28(34)37-18-20-11-7-4-8-12-20/h3-15,22H,2,16-18H2,1H3,(H,30,32)(H,31,34). The number of amides is 2. The van der Waals surface area contributed by atoms with Crippen molar-refractivity contribution < 1.29 is 28.6 Å². The lowest BCUT2D eigenvalue weighted by atomic mass is 10.2. The first-order chi connectivity index (χ1) is 18.5. The van der Waals surface area contributed by atoms with Gasteiger partial charge in [-0.15, -0.1) is 11.3 Å². The molecule has 2 aromatic carbocycles. The average molecular weight is 534 g/mol. The van der Waals surface area contributed by atoms with E-state index in [-0.39, 0.29) is 19.8 Å². The van der Waals surface area contributed by atoms with Gasteiger partial charge in [0.25, 0.3) is 5.91 Å². The van der Waals surface area contributed by atoms with Crippen LogP contribution >= 0.6 is 11.3 Å². The Labute approximate surface area is 223 Å². The topological polar surface area (TPSA) is 116 Å². The van der Waals surface area contributed by atoms with E-state index in [4.69, 9.17) is 14.2 Å². The van der Waals surface area contributed by atoms with E-state index in [1.807, 2.05) is 67.6 Å². The zero-order valence-corrected chi connectivity index (χ0v) is 21.5. The Morgan fingerprint density at radius 3 is 2.24 bits per heavy atom. The van der Waals surface area contributed by atoms with E-state index in [1.165, 1.54) is 11.3 Å². The van der Waals surface area contributed by atoms with Crippen molar-refractivity contribution in [2.75, 3.05) is 13.2 Å². The van der Waals surface area contributed by atoms with E-state index >= 15 is 0 Å². The van der Waals surface area contributed by atoms with Gasteiger partial charge in [-0.05, 0) is 30.2 Å². The van der Waals surface area contributed by atoms with E-state index in [9.17, 15) is 14.4 Å². The largest absolute Gasteiger partial charge is 0.492 e. The third kappa shape index (κ3) is 7.30. The van der Waals surface area contributed by atoms with Crippen molar-refractivity contribution >= 4 is 39.5 Å². The Balaban J connectivity index is 1.41. The van der Waals surface area contributed by atoms with Gasteiger partial charge in [0.1, 0.15) is 25.0 Å². The van der Waals surface area contributed by atoms with Crippen molar-refractivity contribution in [1.29, 1.82) is 0 Å². The first-order valence-corrected chi connectivity index (χ1v) is 12.8. The molecule has 38 heavy (non-hydrogen) atoms. The molecule has 1 atom stereocenters. The van der Waals surface area contributed by atoms with Crippen molar-refractivity contribution in [2.24, 2.45) is 0 Å². The molecule has 0 spiro atoms. The van der Waals surface area contributed by atoms with Crippen LogP contribution in [0.1, 0.15) is 27.7 Å². The molecular formula is C28H27N3O6S. The quantitative estimate of drug-likeness (QED) is 0.274. The Morgan fingerprint density at radius 2 is 1.58 bits per heavy atom. The number of benzene rings is 2. The highest BCUT2D eigenvalue weighted by Crippen LogP contribution is 2.32. The molecule has 0 radical (unpaired) electrons. The second kappa shape index (κ2) is 13.2. The van der Waals surface area contributed by atoms with Crippen LogP contribution in [0.15, 0.2) is 79.0 Å². The highest BCUT2D eigenvalue weighted by atomic mass is 32.1. The van der Waals surface area contributed by atoms with Crippen molar-refractivity contribution in [3.63, 3.8) is 0 Å². The number of ether oxygens (including phenoxy) is 3. The Hall–Kier alpha value is -4.44. The molecule has 9 nitrogen and oxygen atoms in total. The number of alkyl carbamates (subject to hydrolysis) is 1. The van der Waals surface area contributed by atoms with Gasteiger partial charge in [-0.25, -0.2) is 9.59 Å². The summed E-state index contributed by atoms with van der Waals surface area (Å²) in [6, 6.07) is 20.5. The van der Waals surface area contributed by atoms with Crippen LogP contribution in [-0.4, -0.2) is 42.1 Å². The zero-order valence-electron chi connectivity index (χ0n) is 20.7. The average Bonchev–Trinajstić information content (AvgIpc) is 3.40. The molecule has 0 bridgehead atoms. The molecule has 1 unspecified atom stereocenters. The van der Waals surface area contributed by atoms with Crippen LogP contribution in [0.5, 0.6) is 5.75 Å². The van der Waals surface area contributed by atoms with Crippen molar-refractivity contribution in [3.8, 4) is 5.75 Å². The summed E-state index contributed by atoms with van der Waals surface area (Å²) in [6.45, 7) is 2.21. The summed E-state index contributed by atoms with van der Waals surface area (Å²) in [6.07, 6.45) is 0.808. The summed E-state index contributed by atoms with van der Waals surface area (Å²) in [4.78, 5) is 42.9. The number of hydrogen-bond acceptors (Lipinski definition) is 8. The monoisotopic (exact) mass is 533 g/mol. The Bertz CT molecular complexity index is 1380. The number of thiophene rings is 1. The van der Waals surface area contributed by atoms with Gasteiger partial charge in [-0.3, -0.25) is 9.78 Å². The van der Waals surface area contributed by atoms with Gasteiger partial charge in [0.15, 0.2) is 0 Å². The van der Waals surface area contributed by atoms with Gasteiger partial charge in [0.2, 0.25) is 0 Å². The maximum absolute atomic E-state index is 12.9.